The summed E-state index contributed by atoms with van der Waals surface area (Å²) in [5, 5.41) is 3.01. The topological polar surface area (TPSA) is 38.3 Å². The van der Waals surface area contributed by atoms with E-state index in [-0.39, 0.29) is 5.91 Å². The average molecular weight is 480 g/mol. The van der Waals surface area contributed by atoms with E-state index in [1.165, 1.54) is 89.0 Å². The third kappa shape index (κ3) is 15.3. The SMILES string of the molecule is CCCCCCCCCCCCCCCCCC(=O)Nc1ccc(OCCc2ccccc2)cc1. The Morgan fingerprint density at radius 3 is 1.71 bits per heavy atom. The molecular formula is C32H49NO2. The van der Waals surface area contributed by atoms with E-state index in [2.05, 4.69) is 24.4 Å². The van der Waals surface area contributed by atoms with Gasteiger partial charge in [0, 0.05) is 18.5 Å². The second-order valence-electron chi connectivity index (χ2n) is 9.86. The summed E-state index contributed by atoms with van der Waals surface area (Å²) in [4.78, 5) is 12.2. The molecule has 1 amide bonds. The number of anilines is 1. The van der Waals surface area contributed by atoms with Crippen LogP contribution in [0.4, 0.5) is 5.69 Å². The largest absolute Gasteiger partial charge is 0.493 e. The summed E-state index contributed by atoms with van der Waals surface area (Å²) in [5.41, 5.74) is 2.11. The van der Waals surface area contributed by atoms with Crippen LogP contribution < -0.4 is 10.1 Å². The van der Waals surface area contributed by atoms with Gasteiger partial charge in [-0.15, -0.1) is 0 Å². The number of rotatable bonds is 21. The van der Waals surface area contributed by atoms with Gasteiger partial charge in [0.2, 0.25) is 5.91 Å². The van der Waals surface area contributed by atoms with Crippen molar-refractivity contribution in [3.8, 4) is 5.75 Å². The highest BCUT2D eigenvalue weighted by molar-refractivity contribution is 5.90. The van der Waals surface area contributed by atoms with E-state index in [0.29, 0.717) is 13.0 Å². The molecule has 0 heterocycles. The van der Waals surface area contributed by atoms with Crippen LogP contribution in [0.3, 0.4) is 0 Å². The zero-order valence-electron chi connectivity index (χ0n) is 22.2. The van der Waals surface area contributed by atoms with E-state index in [9.17, 15) is 4.79 Å². The van der Waals surface area contributed by atoms with Gasteiger partial charge in [0.15, 0.2) is 0 Å². The van der Waals surface area contributed by atoms with Crippen molar-refractivity contribution in [1.82, 2.24) is 0 Å². The summed E-state index contributed by atoms with van der Waals surface area (Å²) in [7, 11) is 0. The molecule has 2 aromatic carbocycles. The molecule has 2 aromatic rings. The summed E-state index contributed by atoms with van der Waals surface area (Å²) in [5.74, 6) is 0.943. The van der Waals surface area contributed by atoms with Crippen LogP contribution in [0.2, 0.25) is 0 Å². The van der Waals surface area contributed by atoms with Crippen molar-refractivity contribution in [2.75, 3.05) is 11.9 Å². The lowest BCUT2D eigenvalue weighted by molar-refractivity contribution is -0.116. The second-order valence-corrected chi connectivity index (χ2v) is 9.86. The maximum absolute atomic E-state index is 12.2. The molecule has 35 heavy (non-hydrogen) atoms. The number of amides is 1. The van der Waals surface area contributed by atoms with Crippen molar-refractivity contribution >= 4 is 11.6 Å². The maximum Gasteiger partial charge on any atom is 0.224 e. The van der Waals surface area contributed by atoms with Crippen LogP contribution in [-0.4, -0.2) is 12.5 Å². The molecule has 1 N–H and O–H groups in total. The van der Waals surface area contributed by atoms with Crippen LogP contribution in [0.5, 0.6) is 5.75 Å². The van der Waals surface area contributed by atoms with Gasteiger partial charge in [-0.2, -0.15) is 0 Å². The van der Waals surface area contributed by atoms with E-state index in [1.807, 2.05) is 42.5 Å². The first-order valence-electron chi connectivity index (χ1n) is 14.3. The zero-order chi connectivity index (χ0) is 24.8. The molecule has 0 atom stereocenters. The number of unbranched alkanes of at least 4 members (excludes halogenated alkanes) is 14. The molecule has 0 spiro atoms. The number of nitrogens with one attached hydrogen (secondary N) is 1. The first kappa shape index (κ1) is 28.9. The minimum Gasteiger partial charge on any atom is -0.493 e. The molecule has 0 saturated heterocycles. The third-order valence-corrected chi connectivity index (χ3v) is 6.65. The zero-order valence-corrected chi connectivity index (χ0v) is 22.2. The summed E-state index contributed by atoms with van der Waals surface area (Å²) >= 11 is 0. The minimum atomic E-state index is 0.109. The smallest absolute Gasteiger partial charge is 0.224 e. The summed E-state index contributed by atoms with van der Waals surface area (Å²) in [6.45, 7) is 2.93. The fourth-order valence-corrected chi connectivity index (χ4v) is 4.45. The van der Waals surface area contributed by atoms with E-state index in [4.69, 9.17) is 4.74 Å². The first-order valence-corrected chi connectivity index (χ1v) is 14.3. The highest BCUT2D eigenvalue weighted by Crippen LogP contribution is 2.17. The summed E-state index contributed by atoms with van der Waals surface area (Å²) < 4.78 is 5.82. The molecular weight excluding hydrogens is 430 g/mol. The Labute approximate surface area is 215 Å². The number of carbonyl (C=O) groups excluding carboxylic acids is 1. The monoisotopic (exact) mass is 479 g/mol. The Balaban J connectivity index is 1.40. The van der Waals surface area contributed by atoms with Crippen LogP contribution in [0.15, 0.2) is 54.6 Å². The fourth-order valence-electron chi connectivity index (χ4n) is 4.45. The van der Waals surface area contributed by atoms with Crippen LogP contribution >= 0.6 is 0 Å². The van der Waals surface area contributed by atoms with E-state index in [0.717, 1.165) is 30.7 Å². The Morgan fingerprint density at radius 2 is 1.17 bits per heavy atom. The number of hydrogen-bond acceptors (Lipinski definition) is 2. The van der Waals surface area contributed by atoms with Crippen LogP contribution in [0, 0.1) is 0 Å². The van der Waals surface area contributed by atoms with Crippen LogP contribution in [0.25, 0.3) is 0 Å². The number of carbonyl (C=O) groups is 1. The Bertz CT molecular complexity index is 757. The van der Waals surface area contributed by atoms with E-state index in [1.54, 1.807) is 0 Å². The molecule has 0 aliphatic heterocycles. The van der Waals surface area contributed by atoms with Gasteiger partial charge < -0.3 is 10.1 Å². The van der Waals surface area contributed by atoms with Gasteiger partial charge in [0.05, 0.1) is 6.61 Å². The molecule has 0 radical (unpaired) electrons. The van der Waals surface area contributed by atoms with Crippen molar-refractivity contribution in [3.05, 3.63) is 60.2 Å². The highest BCUT2D eigenvalue weighted by Gasteiger charge is 2.03. The van der Waals surface area contributed by atoms with E-state index >= 15 is 0 Å². The number of hydrogen-bond donors (Lipinski definition) is 1. The molecule has 2 rings (SSSR count). The molecule has 0 unspecified atom stereocenters. The van der Waals surface area contributed by atoms with Gasteiger partial charge in [0.1, 0.15) is 5.75 Å². The molecule has 0 aromatic heterocycles. The third-order valence-electron chi connectivity index (χ3n) is 6.65. The lowest BCUT2D eigenvalue weighted by Gasteiger charge is -2.09. The summed E-state index contributed by atoms with van der Waals surface area (Å²) in [6.07, 6.45) is 21.6. The maximum atomic E-state index is 12.2. The predicted molar refractivity (Wildman–Crippen MR) is 150 cm³/mol. The molecule has 0 fully saturated rings. The molecule has 0 aliphatic rings. The second kappa shape index (κ2) is 20.0. The van der Waals surface area contributed by atoms with Gasteiger partial charge in [-0.3, -0.25) is 4.79 Å². The fraction of sp³-hybridized carbons (Fsp3) is 0.594. The van der Waals surface area contributed by atoms with Gasteiger partial charge in [-0.1, -0.05) is 127 Å². The first-order chi connectivity index (χ1) is 17.3. The summed E-state index contributed by atoms with van der Waals surface area (Å²) in [6, 6.07) is 18.0. The van der Waals surface area contributed by atoms with Crippen molar-refractivity contribution in [2.24, 2.45) is 0 Å². The minimum absolute atomic E-state index is 0.109. The Morgan fingerprint density at radius 1 is 0.657 bits per heavy atom. The van der Waals surface area contributed by atoms with Crippen molar-refractivity contribution in [2.45, 2.75) is 116 Å². The lowest BCUT2D eigenvalue weighted by atomic mass is 10.0. The molecule has 194 valence electrons. The van der Waals surface area contributed by atoms with Gasteiger partial charge >= 0.3 is 0 Å². The van der Waals surface area contributed by atoms with Gasteiger partial charge in [0.25, 0.3) is 0 Å². The predicted octanol–water partition coefficient (Wildman–Crippen LogP) is 9.51. The van der Waals surface area contributed by atoms with Crippen molar-refractivity contribution in [1.29, 1.82) is 0 Å². The number of benzene rings is 2. The Kier molecular flexibility index (Phi) is 16.5. The molecule has 3 nitrogen and oxygen atoms in total. The average Bonchev–Trinajstić information content (AvgIpc) is 2.88. The normalized spacial score (nSPS) is 10.9. The van der Waals surface area contributed by atoms with Gasteiger partial charge in [-0.05, 0) is 36.2 Å². The highest BCUT2D eigenvalue weighted by atomic mass is 16.5. The van der Waals surface area contributed by atoms with E-state index < -0.39 is 0 Å². The van der Waals surface area contributed by atoms with Crippen molar-refractivity contribution < 1.29 is 9.53 Å². The molecule has 0 bridgehead atoms. The molecule has 3 heteroatoms. The lowest BCUT2D eigenvalue weighted by Crippen LogP contribution is -2.11. The standard InChI is InChI=1S/C32H49NO2/c1-2-3-4-5-6-7-8-9-10-11-12-13-14-15-19-22-32(34)33-30-23-25-31(26-24-30)35-28-27-29-20-17-16-18-21-29/h16-18,20-21,23-26H,2-15,19,22,27-28H2,1H3,(H,33,34). The number of ether oxygens (including phenoxy) is 1. The molecule has 0 aliphatic carbocycles. The Hall–Kier alpha value is -2.29. The van der Waals surface area contributed by atoms with Crippen LogP contribution in [-0.2, 0) is 11.2 Å². The van der Waals surface area contributed by atoms with Gasteiger partial charge in [-0.25, -0.2) is 0 Å². The quantitative estimate of drug-likeness (QED) is 0.181. The van der Waals surface area contributed by atoms with Crippen LogP contribution in [0.1, 0.15) is 115 Å². The molecule has 0 saturated carbocycles. The van der Waals surface area contributed by atoms with Crippen molar-refractivity contribution in [3.63, 3.8) is 0 Å².